The van der Waals surface area contributed by atoms with Gasteiger partial charge in [0.25, 0.3) is 5.91 Å². The summed E-state index contributed by atoms with van der Waals surface area (Å²) in [6.07, 6.45) is 4.02. The lowest BCUT2D eigenvalue weighted by molar-refractivity contribution is -0.141. The number of amides is 4. The van der Waals surface area contributed by atoms with E-state index in [1.54, 1.807) is 4.90 Å². The molecule has 2 heterocycles. The molecule has 7 heteroatoms. The number of halogens is 1. The molecule has 1 saturated carbocycles. The predicted octanol–water partition coefficient (Wildman–Crippen LogP) is 4.14. The molecule has 3 unspecified atom stereocenters. The van der Waals surface area contributed by atoms with E-state index in [0.717, 1.165) is 29.7 Å². The molecule has 0 aromatic heterocycles. The van der Waals surface area contributed by atoms with Gasteiger partial charge in [-0.2, -0.15) is 0 Å². The Balaban J connectivity index is 1.50. The number of hydrogen-bond acceptors (Lipinski definition) is 3. The van der Waals surface area contributed by atoms with Crippen LogP contribution in [0.4, 0.5) is 4.79 Å². The molecule has 30 heavy (non-hydrogen) atoms. The molecule has 2 saturated heterocycles. The third-order valence-electron chi connectivity index (χ3n) is 6.75. The predicted molar refractivity (Wildman–Crippen MR) is 115 cm³/mol. The number of rotatable bonds is 3. The van der Waals surface area contributed by atoms with Crippen LogP contribution in [0.3, 0.4) is 0 Å². The molecule has 6 nitrogen and oxygen atoms in total. The average Bonchev–Trinajstić information content (AvgIpc) is 3.20. The molecule has 4 rings (SSSR count). The van der Waals surface area contributed by atoms with Gasteiger partial charge >= 0.3 is 6.03 Å². The minimum atomic E-state index is -0.876. The first-order chi connectivity index (χ1) is 14.1. The van der Waals surface area contributed by atoms with Crippen molar-refractivity contribution in [1.29, 1.82) is 0 Å². The fraction of sp³-hybridized carbons (Fsp3) is 0.609. The van der Waals surface area contributed by atoms with E-state index < -0.39 is 11.6 Å². The lowest BCUT2D eigenvalue weighted by Gasteiger charge is -2.43. The molecule has 1 spiro atoms. The maximum Gasteiger partial charge on any atom is 0.325 e. The second kappa shape index (κ2) is 7.56. The summed E-state index contributed by atoms with van der Waals surface area (Å²) in [6, 6.07) is 7.04. The molecule has 3 atom stereocenters. The van der Waals surface area contributed by atoms with Gasteiger partial charge in [0.15, 0.2) is 0 Å². The quantitative estimate of drug-likeness (QED) is 0.731. The van der Waals surface area contributed by atoms with Gasteiger partial charge in [0, 0.05) is 11.6 Å². The van der Waals surface area contributed by atoms with Gasteiger partial charge in [-0.25, -0.2) is 4.79 Å². The van der Waals surface area contributed by atoms with Gasteiger partial charge in [0.1, 0.15) is 12.1 Å². The number of nitrogens with zero attached hydrogens (tertiary/aromatic N) is 2. The largest absolute Gasteiger partial charge is 0.334 e. The van der Waals surface area contributed by atoms with E-state index >= 15 is 0 Å². The van der Waals surface area contributed by atoms with Crippen LogP contribution in [-0.4, -0.2) is 46.3 Å². The van der Waals surface area contributed by atoms with Crippen LogP contribution in [-0.2, 0) is 9.59 Å². The first-order valence-corrected chi connectivity index (χ1v) is 11.2. The normalized spacial score (nSPS) is 30.8. The number of benzene rings is 1. The minimum absolute atomic E-state index is 0.0325. The molecule has 3 aliphatic rings. The van der Waals surface area contributed by atoms with E-state index in [9.17, 15) is 14.4 Å². The lowest BCUT2D eigenvalue weighted by atomic mass is 9.64. The van der Waals surface area contributed by atoms with E-state index in [4.69, 9.17) is 11.6 Å². The Morgan fingerprint density at radius 1 is 1.20 bits per heavy atom. The van der Waals surface area contributed by atoms with Gasteiger partial charge in [-0.1, -0.05) is 44.5 Å². The molecule has 0 radical (unpaired) electrons. The van der Waals surface area contributed by atoms with E-state index in [-0.39, 0.29) is 29.8 Å². The summed E-state index contributed by atoms with van der Waals surface area (Å²) in [7, 11) is 0. The zero-order valence-electron chi connectivity index (χ0n) is 17.9. The smallest absolute Gasteiger partial charge is 0.325 e. The van der Waals surface area contributed by atoms with Crippen molar-refractivity contribution in [2.24, 2.45) is 11.3 Å². The molecular formula is C23H30ClN3O3. The zero-order valence-corrected chi connectivity index (χ0v) is 18.7. The Bertz CT molecular complexity index is 869. The van der Waals surface area contributed by atoms with Crippen molar-refractivity contribution in [3.05, 3.63) is 34.9 Å². The Morgan fingerprint density at radius 3 is 2.57 bits per heavy atom. The van der Waals surface area contributed by atoms with Gasteiger partial charge in [0.05, 0.1) is 6.04 Å². The molecule has 0 bridgehead atoms. The topological polar surface area (TPSA) is 69.7 Å². The molecule has 1 aromatic carbocycles. The molecule has 3 fully saturated rings. The minimum Gasteiger partial charge on any atom is -0.334 e. The van der Waals surface area contributed by atoms with Crippen molar-refractivity contribution in [2.45, 2.75) is 64.5 Å². The van der Waals surface area contributed by atoms with Crippen molar-refractivity contribution in [3.63, 3.8) is 0 Å². The highest BCUT2D eigenvalue weighted by Crippen LogP contribution is 2.46. The summed E-state index contributed by atoms with van der Waals surface area (Å²) >= 11 is 5.99. The van der Waals surface area contributed by atoms with Crippen LogP contribution in [0, 0.1) is 11.3 Å². The maximum absolute atomic E-state index is 13.3. The van der Waals surface area contributed by atoms with Crippen LogP contribution in [0.5, 0.6) is 0 Å². The van der Waals surface area contributed by atoms with Gasteiger partial charge < -0.3 is 10.2 Å². The van der Waals surface area contributed by atoms with Crippen LogP contribution in [0.15, 0.2) is 24.3 Å². The molecule has 4 amide bonds. The second-order valence-corrected chi connectivity index (χ2v) is 10.5. The highest BCUT2D eigenvalue weighted by molar-refractivity contribution is 6.30. The van der Waals surface area contributed by atoms with Crippen LogP contribution in [0.25, 0.3) is 0 Å². The van der Waals surface area contributed by atoms with Crippen molar-refractivity contribution >= 4 is 29.4 Å². The maximum atomic E-state index is 13.3. The van der Waals surface area contributed by atoms with E-state index in [1.807, 2.05) is 24.3 Å². The fourth-order valence-corrected chi connectivity index (χ4v) is 6.10. The highest BCUT2D eigenvalue weighted by atomic mass is 35.5. The van der Waals surface area contributed by atoms with E-state index in [1.165, 1.54) is 0 Å². The average molecular weight is 432 g/mol. The number of urea groups is 1. The van der Waals surface area contributed by atoms with Crippen molar-refractivity contribution in [1.82, 2.24) is 15.1 Å². The number of nitrogens with one attached hydrogen (secondary N) is 1. The number of hydrogen-bond donors (Lipinski definition) is 1. The third kappa shape index (κ3) is 3.82. The highest BCUT2D eigenvalue weighted by Gasteiger charge is 2.56. The first-order valence-electron chi connectivity index (χ1n) is 10.8. The van der Waals surface area contributed by atoms with Crippen LogP contribution in [0.1, 0.15) is 64.5 Å². The number of carbonyl (C=O) groups excluding carboxylic acids is 3. The van der Waals surface area contributed by atoms with Gasteiger partial charge in [-0.15, -0.1) is 0 Å². The Labute approximate surface area is 182 Å². The molecule has 162 valence electrons. The van der Waals surface area contributed by atoms with Crippen molar-refractivity contribution in [2.75, 3.05) is 13.1 Å². The molecule has 1 aromatic rings. The standard InChI is InChI=1S/C23H30ClN3O3/c1-15-11-22(2,3)14-23(12-15)20(29)27(21(30)25-23)13-19(28)26-10-4-5-18(26)16-6-8-17(24)9-7-16/h6-9,15,18H,4-5,10-14H2,1-3H3,(H,25,30). The summed E-state index contributed by atoms with van der Waals surface area (Å²) in [6.45, 7) is 6.82. The Morgan fingerprint density at radius 2 is 1.90 bits per heavy atom. The van der Waals surface area contributed by atoms with Crippen LogP contribution in [0.2, 0.25) is 5.02 Å². The lowest BCUT2D eigenvalue weighted by Crippen LogP contribution is -2.54. The first kappa shape index (κ1) is 21.2. The van der Waals surface area contributed by atoms with Gasteiger partial charge in [-0.3, -0.25) is 14.5 Å². The molecule has 1 aliphatic carbocycles. The second-order valence-electron chi connectivity index (χ2n) is 10.1. The Hall–Kier alpha value is -2.08. The van der Waals surface area contributed by atoms with Crippen molar-refractivity contribution in [3.8, 4) is 0 Å². The van der Waals surface area contributed by atoms with Crippen LogP contribution < -0.4 is 5.32 Å². The van der Waals surface area contributed by atoms with Gasteiger partial charge in [-0.05, 0) is 61.1 Å². The monoisotopic (exact) mass is 431 g/mol. The number of likely N-dealkylation sites (tertiary alicyclic amines) is 1. The SMILES string of the molecule is CC1CC(C)(C)CC2(C1)NC(=O)N(CC(=O)N1CCCC1c1ccc(Cl)cc1)C2=O. The summed E-state index contributed by atoms with van der Waals surface area (Å²) in [5.74, 6) is -0.0969. The summed E-state index contributed by atoms with van der Waals surface area (Å²) < 4.78 is 0. The molecule has 2 aliphatic heterocycles. The molecule has 1 N–H and O–H groups in total. The number of imide groups is 1. The van der Waals surface area contributed by atoms with Crippen molar-refractivity contribution < 1.29 is 14.4 Å². The number of carbonyl (C=O) groups is 3. The van der Waals surface area contributed by atoms with E-state index in [2.05, 4.69) is 26.1 Å². The Kier molecular flexibility index (Phi) is 5.33. The molecular weight excluding hydrogens is 402 g/mol. The third-order valence-corrected chi connectivity index (χ3v) is 7.00. The summed E-state index contributed by atoms with van der Waals surface area (Å²) in [5.41, 5.74) is 0.121. The van der Waals surface area contributed by atoms with Crippen LogP contribution >= 0.6 is 11.6 Å². The summed E-state index contributed by atoms with van der Waals surface area (Å²) in [4.78, 5) is 42.1. The van der Waals surface area contributed by atoms with Gasteiger partial charge in [0.2, 0.25) is 5.91 Å². The van der Waals surface area contributed by atoms with E-state index in [0.29, 0.717) is 30.3 Å². The fourth-order valence-electron chi connectivity index (χ4n) is 5.97. The zero-order chi connectivity index (χ0) is 21.7. The summed E-state index contributed by atoms with van der Waals surface area (Å²) in [5, 5.41) is 3.61.